The molecule has 0 spiro atoms. The molecule has 1 aliphatic heterocycles. The number of nitrogens with one attached hydrogen (secondary N) is 1. The van der Waals surface area contributed by atoms with E-state index in [1.807, 2.05) is 55.5 Å². The number of rotatable bonds is 8. The summed E-state index contributed by atoms with van der Waals surface area (Å²) in [5.41, 5.74) is 3.20. The highest BCUT2D eigenvalue weighted by Crippen LogP contribution is 2.15. The molecule has 1 atom stereocenters. The van der Waals surface area contributed by atoms with Gasteiger partial charge < -0.3 is 5.32 Å². The molecule has 0 aromatic heterocycles. The number of carbonyl (C=O) groups excluding carboxylic acids is 2. The first-order valence-corrected chi connectivity index (χ1v) is 9.88. The van der Waals surface area contributed by atoms with E-state index >= 15 is 0 Å². The largest absolute Gasteiger partial charge is 0.354 e. The van der Waals surface area contributed by atoms with Crippen molar-refractivity contribution in [2.45, 2.75) is 45.1 Å². The van der Waals surface area contributed by atoms with E-state index in [1.165, 1.54) is 10.6 Å². The Bertz CT molecular complexity index is 818. The summed E-state index contributed by atoms with van der Waals surface area (Å²) in [7, 11) is 0. The van der Waals surface area contributed by atoms with Crippen molar-refractivity contribution in [3.63, 3.8) is 0 Å². The van der Waals surface area contributed by atoms with E-state index in [0.29, 0.717) is 19.4 Å². The maximum absolute atomic E-state index is 12.3. The highest BCUT2D eigenvalue weighted by molar-refractivity contribution is 6.04. The number of hydrazone groups is 1. The fraction of sp³-hybridized carbons (Fsp3) is 0.348. The SMILES string of the molecule is CC(CCc1ccccc1)NC(=O)CCN1N=C(c2ccccc2)CCC1=O. The summed E-state index contributed by atoms with van der Waals surface area (Å²) in [5, 5.41) is 8.95. The van der Waals surface area contributed by atoms with E-state index in [4.69, 9.17) is 0 Å². The van der Waals surface area contributed by atoms with Crippen LogP contribution in [-0.2, 0) is 16.0 Å². The Labute approximate surface area is 166 Å². The molecule has 146 valence electrons. The van der Waals surface area contributed by atoms with Gasteiger partial charge in [0.2, 0.25) is 11.8 Å². The number of amides is 2. The van der Waals surface area contributed by atoms with Gasteiger partial charge >= 0.3 is 0 Å². The average molecular weight is 377 g/mol. The van der Waals surface area contributed by atoms with E-state index in [2.05, 4.69) is 22.6 Å². The zero-order chi connectivity index (χ0) is 19.8. The van der Waals surface area contributed by atoms with Crippen molar-refractivity contribution in [1.29, 1.82) is 0 Å². The van der Waals surface area contributed by atoms with Crippen LogP contribution >= 0.6 is 0 Å². The summed E-state index contributed by atoms with van der Waals surface area (Å²) < 4.78 is 0. The Kier molecular flexibility index (Phi) is 6.95. The molecular weight excluding hydrogens is 350 g/mol. The second-order valence-corrected chi connectivity index (χ2v) is 7.17. The molecule has 0 saturated carbocycles. The Morgan fingerprint density at radius 2 is 1.75 bits per heavy atom. The maximum Gasteiger partial charge on any atom is 0.243 e. The van der Waals surface area contributed by atoms with Crippen LogP contribution in [0.4, 0.5) is 0 Å². The first kappa shape index (κ1) is 19.8. The molecule has 5 heteroatoms. The van der Waals surface area contributed by atoms with Crippen molar-refractivity contribution in [2.75, 3.05) is 6.54 Å². The standard InChI is InChI=1S/C23H27N3O2/c1-18(12-13-19-8-4-2-5-9-19)24-22(27)16-17-26-23(28)15-14-21(25-26)20-10-6-3-7-11-20/h2-11,18H,12-17H2,1H3,(H,24,27). The maximum atomic E-state index is 12.3. The van der Waals surface area contributed by atoms with E-state index < -0.39 is 0 Å². The first-order valence-electron chi connectivity index (χ1n) is 9.88. The van der Waals surface area contributed by atoms with Crippen molar-refractivity contribution < 1.29 is 9.59 Å². The fourth-order valence-electron chi connectivity index (χ4n) is 3.27. The molecule has 0 bridgehead atoms. The van der Waals surface area contributed by atoms with Gasteiger partial charge in [-0.25, -0.2) is 5.01 Å². The average Bonchev–Trinajstić information content (AvgIpc) is 2.73. The van der Waals surface area contributed by atoms with Crippen LogP contribution in [0.2, 0.25) is 0 Å². The molecule has 0 fully saturated rings. The molecule has 2 aromatic rings. The molecular formula is C23H27N3O2. The Balaban J connectivity index is 1.47. The van der Waals surface area contributed by atoms with Gasteiger partial charge in [0, 0.05) is 25.3 Å². The van der Waals surface area contributed by atoms with Crippen LogP contribution in [0.15, 0.2) is 65.8 Å². The topological polar surface area (TPSA) is 61.8 Å². The van der Waals surface area contributed by atoms with Crippen LogP contribution < -0.4 is 5.32 Å². The van der Waals surface area contributed by atoms with Crippen molar-refractivity contribution in [3.8, 4) is 0 Å². The molecule has 1 heterocycles. The molecule has 1 unspecified atom stereocenters. The van der Waals surface area contributed by atoms with Gasteiger partial charge in [-0.15, -0.1) is 0 Å². The van der Waals surface area contributed by atoms with Crippen LogP contribution in [0.5, 0.6) is 0 Å². The zero-order valence-electron chi connectivity index (χ0n) is 16.3. The Morgan fingerprint density at radius 1 is 1.07 bits per heavy atom. The predicted molar refractivity (Wildman–Crippen MR) is 111 cm³/mol. The molecule has 2 amide bonds. The third kappa shape index (κ3) is 5.78. The van der Waals surface area contributed by atoms with Crippen molar-refractivity contribution in [2.24, 2.45) is 5.10 Å². The minimum atomic E-state index is -0.0459. The van der Waals surface area contributed by atoms with Crippen LogP contribution in [-0.4, -0.2) is 35.1 Å². The van der Waals surface area contributed by atoms with Gasteiger partial charge in [0.15, 0.2) is 0 Å². The molecule has 2 aromatic carbocycles. The summed E-state index contributed by atoms with van der Waals surface area (Å²) in [6.45, 7) is 2.32. The lowest BCUT2D eigenvalue weighted by Crippen LogP contribution is -2.38. The molecule has 5 nitrogen and oxygen atoms in total. The van der Waals surface area contributed by atoms with Crippen molar-refractivity contribution in [1.82, 2.24) is 10.3 Å². The van der Waals surface area contributed by atoms with Crippen LogP contribution in [0, 0.1) is 0 Å². The Hall–Kier alpha value is -2.95. The second-order valence-electron chi connectivity index (χ2n) is 7.17. The number of carbonyl (C=O) groups is 2. The smallest absolute Gasteiger partial charge is 0.243 e. The van der Waals surface area contributed by atoms with Crippen LogP contribution in [0.1, 0.15) is 43.7 Å². The third-order valence-electron chi connectivity index (χ3n) is 4.88. The second kappa shape index (κ2) is 9.83. The lowest BCUT2D eigenvalue weighted by molar-refractivity contribution is -0.132. The van der Waals surface area contributed by atoms with Crippen molar-refractivity contribution >= 4 is 17.5 Å². The lowest BCUT2D eigenvalue weighted by atomic mass is 10.0. The number of hydrogen-bond donors (Lipinski definition) is 1. The highest BCUT2D eigenvalue weighted by atomic mass is 16.2. The van der Waals surface area contributed by atoms with E-state index in [9.17, 15) is 9.59 Å². The Morgan fingerprint density at radius 3 is 2.46 bits per heavy atom. The quantitative estimate of drug-likeness (QED) is 0.765. The molecule has 28 heavy (non-hydrogen) atoms. The third-order valence-corrected chi connectivity index (χ3v) is 4.88. The highest BCUT2D eigenvalue weighted by Gasteiger charge is 2.22. The molecule has 0 aliphatic carbocycles. The summed E-state index contributed by atoms with van der Waals surface area (Å²) in [6, 6.07) is 20.2. The van der Waals surface area contributed by atoms with Gasteiger partial charge in [0.1, 0.15) is 0 Å². The van der Waals surface area contributed by atoms with E-state index in [1.54, 1.807) is 0 Å². The number of hydrogen-bond acceptors (Lipinski definition) is 3. The van der Waals surface area contributed by atoms with Crippen LogP contribution in [0.25, 0.3) is 0 Å². The number of aryl methyl sites for hydroxylation is 1. The zero-order valence-corrected chi connectivity index (χ0v) is 16.3. The van der Waals surface area contributed by atoms with Crippen LogP contribution in [0.3, 0.4) is 0 Å². The van der Waals surface area contributed by atoms with Gasteiger partial charge in [0.05, 0.1) is 12.3 Å². The fourth-order valence-corrected chi connectivity index (χ4v) is 3.27. The molecule has 3 rings (SSSR count). The number of benzene rings is 2. The normalized spacial score (nSPS) is 15.1. The molecule has 0 saturated heterocycles. The molecule has 1 aliphatic rings. The molecule has 0 radical (unpaired) electrons. The predicted octanol–water partition coefficient (Wildman–Crippen LogP) is 3.54. The van der Waals surface area contributed by atoms with Gasteiger partial charge in [0.25, 0.3) is 0 Å². The monoisotopic (exact) mass is 377 g/mol. The summed E-state index contributed by atoms with van der Waals surface area (Å²) >= 11 is 0. The minimum Gasteiger partial charge on any atom is -0.354 e. The van der Waals surface area contributed by atoms with Gasteiger partial charge in [-0.3, -0.25) is 9.59 Å². The lowest BCUT2D eigenvalue weighted by Gasteiger charge is -2.24. The summed E-state index contributed by atoms with van der Waals surface area (Å²) in [5.74, 6) is -0.0694. The summed E-state index contributed by atoms with van der Waals surface area (Å²) in [6.07, 6.45) is 3.14. The summed E-state index contributed by atoms with van der Waals surface area (Å²) in [4.78, 5) is 24.4. The van der Waals surface area contributed by atoms with Crippen molar-refractivity contribution in [3.05, 3.63) is 71.8 Å². The molecule has 1 N–H and O–H groups in total. The van der Waals surface area contributed by atoms with Gasteiger partial charge in [-0.2, -0.15) is 5.10 Å². The van der Waals surface area contributed by atoms with Gasteiger partial charge in [-0.05, 0) is 30.9 Å². The minimum absolute atomic E-state index is 0.0235. The van der Waals surface area contributed by atoms with E-state index in [0.717, 1.165) is 24.1 Å². The van der Waals surface area contributed by atoms with E-state index in [-0.39, 0.29) is 24.3 Å². The van der Waals surface area contributed by atoms with Gasteiger partial charge in [-0.1, -0.05) is 60.7 Å². The first-order chi connectivity index (χ1) is 13.6. The number of nitrogens with zero attached hydrogens (tertiary/aromatic N) is 2.